The number of fused-ring (bicyclic) bond motifs is 1. The molecule has 1 aliphatic heterocycles. The molecule has 7 heteroatoms. The van der Waals surface area contributed by atoms with Crippen LogP contribution >= 0.6 is 11.3 Å². The Bertz CT molecular complexity index is 1070. The lowest BCUT2D eigenvalue weighted by Crippen LogP contribution is -2.46. The average Bonchev–Trinajstić information content (AvgIpc) is 3.54. The topological polar surface area (TPSA) is 67.4 Å². The monoisotopic (exact) mass is 450 g/mol. The van der Waals surface area contributed by atoms with E-state index >= 15 is 0 Å². The highest BCUT2D eigenvalue weighted by molar-refractivity contribution is 7.17. The van der Waals surface area contributed by atoms with Crippen LogP contribution in [-0.2, 0) is 4.79 Å². The minimum atomic E-state index is -0.227. The van der Waals surface area contributed by atoms with Gasteiger partial charge in [0.25, 0.3) is 0 Å². The zero-order valence-corrected chi connectivity index (χ0v) is 19.4. The van der Waals surface area contributed by atoms with Crippen molar-refractivity contribution >= 4 is 33.3 Å². The number of carbonyl (C=O) groups excluding carboxylic acids is 1. The van der Waals surface area contributed by atoms with Gasteiger partial charge in [0.1, 0.15) is 28.8 Å². The van der Waals surface area contributed by atoms with Gasteiger partial charge in [0.05, 0.1) is 12.5 Å². The Hall–Kier alpha value is -2.67. The van der Waals surface area contributed by atoms with E-state index in [1.807, 2.05) is 17.0 Å². The van der Waals surface area contributed by atoms with Crippen molar-refractivity contribution in [1.29, 1.82) is 0 Å². The molecule has 2 fully saturated rings. The van der Waals surface area contributed by atoms with E-state index in [9.17, 15) is 4.79 Å². The Morgan fingerprint density at radius 1 is 1.09 bits per heavy atom. The van der Waals surface area contributed by atoms with Crippen molar-refractivity contribution in [2.45, 2.75) is 51.0 Å². The molecule has 2 aromatic heterocycles. The third-order valence-corrected chi connectivity index (χ3v) is 7.75. The first-order valence-corrected chi connectivity index (χ1v) is 12.5. The number of nitrogens with one attached hydrogen (secondary N) is 1. The molecule has 2 aliphatic rings. The Morgan fingerprint density at radius 3 is 2.56 bits per heavy atom. The van der Waals surface area contributed by atoms with Gasteiger partial charge in [-0.2, -0.15) is 0 Å². The molecule has 1 N–H and O–H groups in total. The summed E-state index contributed by atoms with van der Waals surface area (Å²) in [5.41, 5.74) is 2.18. The van der Waals surface area contributed by atoms with Crippen molar-refractivity contribution in [1.82, 2.24) is 14.9 Å². The predicted octanol–water partition coefficient (Wildman–Crippen LogP) is 5.35. The van der Waals surface area contributed by atoms with Gasteiger partial charge in [-0.1, -0.05) is 31.4 Å². The minimum Gasteiger partial charge on any atom is -0.497 e. The van der Waals surface area contributed by atoms with E-state index in [-0.39, 0.29) is 11.9 Å². The van der Waals surface area contributed by atoms with Gasteiger partial charge >= 0.3 is 0 Å². The summed E-state index contributed by atoms with van der Waals surface area (Å²) in [5.74, 6) is 2.19. The summed E-state index contributed by atoms with van der Waals surface area (Å²) in [6.07, 6.45) is 9.68. The molecule has 3 aromatic rings. The Balaban J connectivity index is 1.51. The molecule has 1 aliphatic carbocycles. The maximum absolute atomic E-state index is 13.6. The normalized spacial score (nSPS) is 18.1. The summed E-state index contributed by atoms with van der Waals surface area (Å²) in [5, 5.41) is 6.75. The van der Waals surface area contributed by atoms with Crippen molar-refractivity contribution in [3.05, 3.63) is 36.0 Å². The van der Waals surface area contributed by atoms with E-state index in [1.165, 1.54) is 19.3 Å². The van der Waals surface area contributed by atoms with Crippen LogP contribution in [-0.4, -0.2) is 47.0 Å². The van der Waals surface area contributed by atoms with E-state index in [2.05, 4.69) is 32.8 Å². The number of amides is 1. The molecule has 0 spiro atoms. The molecule has 0 radical (unpaired) electrons. The van der Waals surface area contributed by atoms with Crippen molar-refractivity contribution in [3.8, 4) is 16.9 Å². The second-order valence-corrected chi connectivity index (χ2v) is 9.69. The van der Waals surface area contributed by atoms with E-state index in [0.29, 0.717) is 5.92 Å². The minimum absolute atomic E-state index is 0.227. The van der Waals surface area contributed by atoms with Crippen molar-refractivity contribution in [2.24, 2.45) is 5.92 Å². The third kappa shape index (κ3) is 4.18. The maximum atomic E-state index is 13.6. The van der Waals surface area contributed by atoms with Crippen LogP contribution in [0.3, 0.4) is 0 Å². The molecule has 3 heterocycles. The van der Waals surface area contributed by atoms with Gasteiger partial charge in [-0.3, -0.25) is 4.79 Å². The number of hydrogen-bond donors (Lipinski definition) is 1. The number of carbonyl (C=O) groups is 1. The van der Waals surface area contributed by atoms with Crippen LogP contribution in [0.15, 0.2) is 36.0 Å². The highest BCUT2D eigenvalue weighted by atomic mass is 32.1. The van der Waals surface area contributed by atoms with Gasteiger partial charge in [0.2, 0.25) is 5.91 Å². The summed E-state index contributed by atoms with van der Waals surface area (Å²) in [4.78, 5) is 25.7. The second kappa shape index (κ2) is 9.45. The molecule has 1 saturated carbocycles. The molecule has 0 unspecified atom stereocenters. The predicted molar refractivity (Wildman–Crippen MR) is 129 cm³/mol. The zero-order valence-electron chi connectivity index (χ0n) is 18.5. The highest BCUT2D eigenvalue weighted by Crippen LogP contribution is 2.38. The van der Waals surface area contributed by atoms with Crippen molar-refractivity contribution < 1.29 is 9.53 Å². The van der Waals surface area contributed by atoms with Crippen LogP contribution < -0.4 is 10.1 Å². The van der Waals surface area contributed by atoms with Gasteiger partial charge in [0, 0.05) is 24.0 Å². The molecule has 5 rings (SSSR count). The molecule has 0 bridgehead atoms. The van der Waals surface area contributed by atoms with Gasteiger partial charge in [-0.25, -0.2) is 9.97 Å². The van der Waals surface area contributed by atoms with Crippen LogP contribution in [0.1, 0.15) is 44.9 Å². The zero-order chi connectivity index (χ0) is 21.9. The second-order valence-electron chi connectivity index (χ2n) is 8.83. The number of anilines is 1. The first kappa shape index (κ1) is 21.2. The summed E-state index contributed by atoms with van der Waals surface area (Å²) >= 11 is 1.61. The van der Waals surface area contributed by atoms with Gasteiger partial charge in [-0.15, -0.1) is 11.3 Å². The molecule has 1 atom stereocenters. The number of rotatable bonds is 6. The largest absolute Gasteiger partial charge is 0.497 e. The van der Waals surface area contributed by atoms with Crippen molar-refractivity contribution in [2.75, 3.05) is 25.5 Å². The van der Waals surface area contributed by atoms with Gasteiger partial charge in [0.15, 0.2) is 0 Å². The Labute approximate surface area is 193 Å². The van der Waals surface area contributed by atoms with Crippen molar-refractivity contribution in [3.63, 3.8) is 0 Å². The van der Waals surface area contributed by atoms with E-state index in [1.54, 1.807) is 24.8 Å². The molecule has 1 aromatic carbocycles. The summed E-state index contributed by atoms with van der Waals surface area (Å²) in [6, 6.07) is 7.83. The third-order valence-electron chi connectivity index (χ3n) is 6.87. The summed E-state index contributed by atoms with van der Waals surface area (Å²) in [6.45, 7) is 1.75. The average molecular weight is 451 g/mol. The number of benzene rings is 1. The number of nitrogens with zero attached hydrogens (tertiary/aromatic N) is 3. The Morgan fingerprint density at radius 2 is 1.84 bits per heavy atom. The first-order chi connectivity index (χ1) is 15.7. The molecular formula is C25H30N4O2S. The number of thiophene rings is 1. The standard InChI is InChI=1S/C25H30N4O2S/c1-31-19-11-9-17(10-12-19)20-15-32-24-21(20)23(26-16-27-24)28-22(18-7-3-2-4-8-18)25(30)29-13-5-6-14-29/h9-12,15-16,18,22H,2-8,13-14H2,1H3,(H,26,27,28)/t22-/m0/s1. The fourth-order valence-electron chi connectivity index (χ4n) is 5.10. The number of ether oxygens (including phenoxy) is 1. The quantitative estimate of drug-likeness (QED) is 0.548. The SMILES string of the molecule is COc1ccc(-c2csc3ncnc(N[C@H](C(=O)N4CCCC4)C4CCCCC4)c23)cc1. The van der Waals surface area contributed by atoms with Gasteiger partial charge < -0.3 is 15.0 Å². The lowest BCUT2D eigenvalue weighted by molar-refractivity contribution is -0.132. The number of hydrogen-bond acceptors (Lipinski definition) is 6. The van der Waals surface area contributed by atoms with E-state index < -0.39 is 0 Å². The molecule has 32 heavy (non-hydrogen) atoms. The number of likely N-dealkylation sites (tertiary alicyclic amines) is 1. The maximum Gasteiger partial charge on any atom is 0.245 e. The summed E-state index contributed by atoms with van der Waals surface area (Å²) < 4.78 is 5.32. The van der Waals surface area contributed by atoms with E-state index in [4.69, 9.17) is 4.74 Å². The molecule has 6 nitrogen and oxygen atoms in total. The first-order valence-electron chi connectivity index (χ1n) is 11.7. The van der Waals surface area contributed by atoms with Crippen LogP contribution in [0.5, 0.6) is 5.75 Å². The smallest absolute Gasteiger partial charge is 0.245 e. The van der Waals surface area contributed by atoms with Gasteiger partial charge in [-0.05, 0) is 49.3 Å². The highest BCUT2D eigenvalue weighted by Gasteiger charge is 2.34. The lowest BCUT2D eigenvalue weighted by Gasteiger charge is -2.33. The lowest BCUT2D eigenvalue weighted by atomic mass is 9.83. The van der Waals surface area contributed by atoms with E-state index in [0.717, 1.165) is 71.7 Å². The number of aromatic nitrogens is 2. The van der Waals surface area contributed by atoms with Crippen LogP contribution in [0.2, 0.25) is 0 Å². The number of methoxy groups -OCH3 is 1. The fourth-order valence-corrected chi connectivity index (χ4v) is 6.01. The van der Waals surface area contributed by atoms with Crippen LogP contribution in [0, 0.1) is 5.92 Å². The molecule has 1 amide bonds. The molecule has 1 saturated heterocycles. The molecular weight excluding hydrogens is 420 g/mol. The molecule has 168 valence electrons. The van der Waals surface area contributed by atoms with Crippen LogP contribution in [0.25, 0.3) is 21.3 Å². The fraction of sp³-hybridized carbons (Fsp3) is 0.480. The van der Waals surface area contributed by atoms with Crippen LogP contribution in [0.4, 0.5) is 5.82 Å². The Kier molecular flexibility index (Phi) is 6.26. The summed E-state index contributed by atoms with van der Waals surface area (Å²) in [7, 11) is 1.67.